The van der Waals surface area contributed by atoms with Crippen LogP contribution in [-0.4, -0.2) is 11.1 Å². The first kappa shape index (κ1) is 12.0. The third-order valence-corrected chi connectivity index (χ3v) is 3.85. The normalized spacial score (nSPS) is 17.8. The van der Waals surface area contributed by atoms with Gasteiger partial charge in [0.25, 0.3) is 0 Å². The van der Waals surface area contributed by atoms with E-state index in [2.05, 4.69) is 36.4 Å². The third kappa shape index (κ3) is 2.53. The molecule has 0 aliphatic heterocycles. The van der Waals surface area contributed by atoms with E-state index in [9.17, 15) is 9.90 Å². The van der Waals surface area contributed by atoms with Gasteiger partial charge in [-0.2, -0.15) is 0 Å². The molecule has 4 aliphatic carbocycles. The van der Waals surface area contributed by atoms with Crippen molar-refractivity contribution in [2.45, 2.75) is 25.2 Å². The Hall–Kier alpha value is -2.09. The van der Waals surface area contributed by atoms with Crippen LogP contribution in [0.3, 0.4) is 0 Å². The fourth-order valence-electron chi connectivity index (χ4n) is 2.63. The summed E-state index contributed by atoms with van der Waals surface area (Å²) in [5, 5.41) is 9.43. The van der Waals surface area contributed by atoms with Gasteiger partial charge in [0, 0.05) is 0 Å². The Morgan fingerprint density at radius 3 is 1.84 bits per heavy atom. The van der Waals surface area contributed by atoms with Gasteiger partial charge in [0.05, 0.1) is 5.92 Å². The van der Waals surface area contributed by atoms with Crippen LogP contribution in [0.4, 0.5) is 0 Å². The van der Waals surface area contributed by atoms with Crippen LogP contribution in [-0.2, 0) is 24.1 Å². The lowest BCUT2D eigenvalue weighted by molar-refractivity contribution is -0.138. The first-order valence-corrected chi connectivity index (χ1v) is 6.62. The van der Waals surface area contributed by atoms with Crippen molar-refractivity contribution in [1.29, 1.82) is 0 Å². The maximum absolute atomic E-state index is 11.5. The van der Waals surface area contributed by atoms with Gasteiger partial charge in [-0.3, -0.25) is 4.79 Å². The second-order valence-corrected chi connectivity index (χ2v) is 5.15. The number of rotatable bonds is 1. The van der Waals surface area contributed by atoms with Crippen LogP contribution in [0.15, 0.2) is 48.5 Å². The van der Waals surface area contributed by atoms with Gasteiger partial charge >= 0.3 is 5.97 Å². The highest BCUT2D eigenvalue weighted by molar-refractivity contribution is 5.76. The van der Waals surface area contributed by atoms with Gasteiger partial charge < -0.3 is 5.11 Å². The third-order valence-electron chi connectivity index (χ3n) is 3.85. The fourth-order valence-corrected chi connectivity index (χ4v) is 2.63. The maximum Gasteiger partial charge on any atom is 0.311 e. The van der Waals surface area contributed by atoms with Crippen molar-refractivity contribution < 1.29 is 9.90 Å². The van der Waals surface area contributed by atoms with E-state index in [4.69, 9.17) is 0 Å². The summed E-state index contributed by atoms with van der Waals surface area (Å²) in [4.78, 5) is 11.5. The van der Waals surface area contributed by atoms with Crippen molar-refractivity contribution in [2.75, 3.05) is 0 Å². The van der Waals surface area contributed by atoms with Crippen LogP contribution in [0.25, 0.3) is 0 Å². The summed E-state index contributed by atoms with van der Waals surface area (Å²) in [7, 11) is 0. The Kier molecular flexibility index (Phi) is 3.08. The zero-order valence-corrected chi connectivity index (χ0v) is 10.7. The number of aliphatic carboxylic acids is 1. The van der Waals surface area contributed by atoms with Crippen LogP contribution in [0.5, 0.6) is 0 Å². The van der Waals surface area contributed by atoms with Gasteiger partial charge in [-0.1, -0.05) is 48.5 Å². The van der Waals surface area contributed by atoms with Crippen LogP contribution in [0, 0.1) is 0 Å². The average Bonchev–Trinajstić information content (AvgIpc) is 2.42. The van der Waals surface area contributed by atoms with Gasteiger partial charge in [0.15, 0.2) is 0 Å². The number of benzene rings is 2. The minimum atomic E-state index is -0.756. The molecule has 4 bridgehead atoms. The highest BCUT2D eigenvalue weighted by Gasteiger charge is 2.20. The van der Waals surface area contributed by atoms with Crippen LogP contribution < -0.4 is 0 Å². The lowest BCUT2D eigenvalue weighted by atomic mass is 9.89. The van der Waals surface area contributed by atoms with Crippen molar-refractivity contribution in [3.8, 4) is 0 Å². The summed E-state index contributed by atoms with van der Waals surface area (Å²) in [6.07, 6.45) is 2.58. The molecule has 2 heteroatoms. The van der Waals surface area contributed by atoms with Gasteiger partial charge in [-0.25, -0.2) is 0 Å². The number of carbonyl (C=O) groups is 1. The van der Waals surface area contributed by atoms with Gasteiger partial charge in [0.1, 0.15) is 0 Å². The first-order valence-electron chi connectivity index (χ1n) is 6.62. The molecular weight excluding hydrogens is 236 g/mol. The Balaban J connectivity index is 2.06. The molecule has 4 aliphatic rings. The summed E-state index contributed by atoms with van der Waals surface area (Å²) < 4.78 is 0. The molecule has 2 aromatic rings. The largest absolute Gasteiger partial charge is 0.481 e. The predicted octanol–water partition coefficient (Wildman–Crippen LogP) is 3.20. The summed E-state index contributed by atoms with van der Waals surface area (Å²) in [6.45, 7) is 0. The molecule has 2 nitrogen and oxygen atoms in total. The fraction of sp³-hybridized carbons (Fsp3) is 0.235. The summed E-state index contributed by atoms with van der Waals surface area (Å²) >= 11 is 0. The minimum Gasteiger partial charge on any atom is -0.481 e. The van der Waals surface area contributed by atoms with E-state index in [0.717, 1.165) is 24.0 Å². The molecule has 0 saturated carbocycles. The van der Waals surface area contributed by atoms with Crippen LogP contribution >= 0.6 is 0 Å². The molecule has 0 aromatic heterocycles. The molecule has 2 aromatic carbocycles. The molecule has 0 heterocycles. The van der Waals surface area contributed by atoms with E-state index in [1.165, 1.54) is 11.1 Å². The average molecular weight is 252 g/mol. The van der Waals surface area contributed by atoms with Gasteiger partial charge in [0.2, 0.25) is 0 Å². The molecular formula is C17H16O2. The zero-order valence-electron chi connectivity index (χ0n) is 10.7. The number of carboxylic acid groups (broad SMARTS) is 1. The Morgan fingerprint density at radius 2 is 1.32 bits per heavy atom. The highest BCUT2D eigenvalue weighted by Crippen LogP contribution is 2.24. The zero-order chi connectivity index (χ0) is 13.2. The molecule has 1 N–H and O–H groups in total. The lowest BCUT2D eigenvalue weighted by Gasteiger charge is -2.15. The predicted molar refractivity (Wildman–Crippen MR) is 74.4 cm³/mol. The molecule has 0 amide bonds. The Morgan fingerprint density at radius 1 is 0.842 bits per heavy atom. The smallest absolute Gasteiger partial charge is 0.311 e. The molecule has 1 unspecified atom stereocenters. The van der Waals surface area contributed by atoms with Crippen molar-refractivity contribution in [3.05, 3.63) is 70.8 Å². The van der Waals surface area contributed by atoms with Crippen molar-refractivity contribution in [2.24, 2.45) is 0 Å². The first-order chi connectivity index (χ1) is 9.22. The van der Waals surface area contributed by atoms with Crippen LogP contribution in [0.1, 0.15) is 28.2 Å². The monoisotopic (exact) mass is 252 g/mol. The molecule has 96 valence electrons. The topological polar surface area (TPSA) is 37.3 Å². The van der Waals surface area contributed by atoms with Gasteiger partial charge in [-0.15, -0.1) is 0 Å². The second kappa shape index (κ2) is 4.88. The summed E-state index contributed by atoms with van der Waals surface area (Å²) in [5.74, 6) is -1.21. The van der Waals surface area contributed by atoms with E-state index >= 15 is 0 Å². The highest BCUT2D eigenvalue weighted by atomic mass is 16.4. The number of aryl methyl sites for hydroxylation is 2. The molecule has 0 spiro atoms. The molecule has 0 saturated heterocycles. The van der Waals surface area contributed by atoms with E-state index in [1.54, 1.807) is 0 Å². The van der Waals surface area contributed by atoms with E-state index < -0.39 is 11.9 Å². The van der Waals surface area contributed by atoms with E-state index in [1.807, 2.05) is 12.1 Å². The summed E-state index contributed by atoms with van der Waals surface area (Å²) in [6, 6.07) is 16.4. The Labute approximate surface area is 112 Å². The van der Waals surface area contributed by atoms with Crippen molar-refractivity contribution in [3.63, 3.8) is 0 Å². The van der Waals surface area contributed by atoms with E-state index in [0.29, 0.717) is 6.42 Å². The molecule has 19 heavy (non-hydrogen) atoms. The molecule has 1 atom stereocenters. The SMILES string of the molecule is O=C(O)C1Cc2ccc(cc2)CCc2ccc1cc2. The number of carboxylic acids is 1. The van der Waals surface area contributed by atoms with Crippen molar-refractivity contribution >= 4 is 5.97 Å². The van der Waals surface area contributed by atoms with Crippen molar-refractivity contribution in [1.82, 2.24) is 0 Å². The maximum atomic E-state index is 11.5. The molecule has 0 radical (unpaired) electrons. The summed E-state index contributed by atoms with van der Waals surface area (Å²) in [5.41, 5.74) is 4.54. The quantitative estimate of drug-likeness (QED) is 0.846. The second-order valence-electron chi connectivity index (χ2n) is 5.15. The minimum absolute atomic E-state index is 0.459. The van der Waals surface area contributed by atoms with Gasteiger partial charge in [-0.05, 0) is 41.5 Å². The number of hydrogen-bond acceptors (Lipinski definition) is 1. The lowest BCUT2D eigenvalue weighted by Crippen LogP contribution is -2.15. The Bertz CT molecular complexity index is 582. The molecule has 0 fully saturated rings. The number of hydrogen-bond donors (Lipinski definition) is 1. The molecule has 6 rings (SSSR count). The van der Waals surface area contributed by atoms with Crippen LogP contribution in [0.2, 0.25) is 0 Å². The van der Waals surface area contributed by atoms with E-state index in [-0.39, 0.29) is 0 Å². The standard InChI is InChI=1S/C17H16O2/c18-17(19)16-11-14-5-3-12(4-6-14)1-2-13-7-9-15(16)10-8-13/h3-10,16H,1-2,11H2,(H,18,19).